The zero-order chi connectivity index (χ0) is 22.9. The minimum absolute atomic E-state index is 0.0804. The lowest BCUT2D eigenvalue weighted by Crippen LogP contribution is -2.27. The van der Waals surface area contributed by atoms with Gasteiger partial charge in [-0.3, -0.25) is 4.79 Å². The Balaban J connectivity index is 1.72. The van der Waals surface area contributed by atoms with Gasteiger partial charge in [-0.1, -0.05) is 30.3 Å². The van der Waals surface area contributed by atoms with Crippen LogP contribution in [0.3, 0.4) is 0 Å². The van der Waals surface area contributed by atoms with E-state index in [0.29, 0.717) is 15.8 Å². The van der Waals surface area contributed by atoms with Crippen molar-refractivity contribution in [3.63, 3.8) is 0 Å². The molecule has 0 unspecified atom stereocenters. The molecule has 0 radical (unpaired) electrons. The van der Waals surface area contributed by atoms with E-state index in [1.807, 2.05) is 30.3 Å². The number of fused-ring (bicyclic) bond motifs is 1. The van der Waals surface area contributed by atoms with Crippen LogP contribution in [-0.2, 0) is 6.18 Å². The number of carbonyl (C=O) groups excluding carboxylic acids is 1. The molecular formula is C23H19F3N4O2. The smallest absolute Gasteiger partial charge is 0.433 e. The number of rotatable bonds is 5. The summed E-state index contributed by atoms with van der Waals surface area (Å²) in [5, 5.41) is 6.64. The van der Waals surface area contributed by atoms with Gasteiger partial charge in [0.2, 0.25) is 0 Å². The van der Waals surface area contributed by atoms with Crippen molar-refractivity contribution in [2.24, 2.45) is 0 Å². The number of halogens is 3. The maximum atomic E-state index is 13.8. The first kappa shape index (κ1) is 21.4. The molecule has 0 saturated carbocycles. The van der Waals surface area contributed by atoms with Gasteiger partial charge in [-0.2, -0.15) is 18.3 Å². The maximum absolute atomic E-state index is 13.8. The lowest BCUT2D eigenvalue weighted by molar-refractivity contribution is -0.142. The zero-order valence-electron chi connectivity index (χ0n) is 17.2. The summed E-state index contributed by atoms with van der Waals surface area (Å²) in [6, 6.07) is 17.5. The highest BCUT2D eigenvalue weighted by Crippen LogP contribution is 2.32. The van der Waals surface area contributed by atoms with Crippen LogP contribution in [0.2, 0.25) is 0 Å². The third-order valence-corrected chi connectivity index (χ3v) is 4.98. The van der Waals surface area contributed by atoms with E-state index in [0.717, 1.165) is 11.6 Å². The molecule has 1 atom stereocenters. The number of hydrogen-bond acceptors (Lipinski definition) is 4. The van der Waals surface area contributed by atoms with Crippen LogP contribution in [0.4, 0.5) is 13.2 Å². The Morgan fingerprint density at radius 1 is 1.06 bits per heavy atom. The quantitative estimate of drug-likeness (QED) is 0.479. The fourth-order valence-electron chi connectivity index (χ4n) is 3.29. The Hall–Kier alpha value is -3.88. The molecular weight excluding hydrogens is 421 g/mol. The molecule has 0 aliphatic rings. The second-order valence-corrected chi connectivity index (χ2v) is 7.16. The van der Waals surface area contributed by atoms with E-state index in [-0.39, 0.29) is 23.1 Å². The van der Waals surface area contributed by atoms with Crippen molar-refractivity contribution < 1.29 is 22.7 Å². The summed E-state index contributed by atoms with van der Waals surface area (Å²) in [5.41, 5.74) is 0.186. The summed E-state index contributed by atoms with van der Waals surface area (Å²) in [7, 11) is 1.50. The topological polar surface area (TPSA) is 68.5 Å². The lowest BCUT2D eigenvalue weighted by Gasteiger charge is -2.13. The van der Waals surface area contributed by atoms with E-state index < -0.39 is 17.8 Å². The predicted octanol–water partition coefficient (Wildman–Crippen LogP) is 4.91. The van der Waals surface area contributed by atoms with E-state index in [2.05, 4.69) is 15.4 Å². The average Bonchev–Trinajstić information content (AvgIpc) is 3.22. The van der Waals surface area contributed by atoms with Crippen LogP contribution in [0.5, 0.6) is 5.75 Å². The number of nitrogens with zero attached hydrogens (tertiary/aromatic N) is 3. The van der Waals surface area contributed by atoms with E-state index >= 15 is 0 Å². The zero-order valence-corrected chi connectivity index (χ0v) is 17.2. The summed E-state index contributed by atoms with van der Waals surface area (Å²) in [6.07, 6.45) is -4.69. The number of amides is 1. The highest BCUT2D eigenvalue weighted by Gasteiger charge is 2.35. The van der Waals surface area contributed by atoms with Gasteiger partial charge < -0.3 is 10.1 Å². The van der Waals surface area contributed by atoms with Gasteiger partial charge in [0, 0.05) is 11.6 Å². The highest BCUT2D eigenvalue weighted by molar-refractivity contribution is 5.93. The van der Waals surface area contributed by atoms with E-state index in [4.69, 9.17) is 4.74 Å². The molecule has 0 saturated heterocycles. The number of nitrogens with one attached hydrogen (secondary N) is 1. The highest BCUT2D eigenvalue weighted by atomic mass is 19.4. The minimum atomic E-state index is -4.69. The fourth-order valence-corrected chi connectivity index (χ4v) is 3.29. The van der Waals surface area contributed by atoms with Gasteiger partial charge >= 0.3 is 6.18 Å². The van der Waals surface area contributed by atoms with Crippen molar-refractivity contribution in [3.05, 3.63) is 83.7 Å². The summed E-state index contributed by atoms with van der Waals surface area (Å²) in [6.45, 7) is 1.78. The fraction of sp³-hybridized carbons (Fsp3) is 0.174. The van der Waals surface area contributed by atoms with Crippen molar-refractivity contribution >= 4 is 11.6 Å². The molecule has 0 bridgehead atoms. The number of ether oxygens (including phenoxy) is 1. The van der Waals surface area contributed by atoms with Crippen LogP contribution in [0.25, 0.3) is 16.9 Å². The second-order valence-electron chi connectivity index (χ2n) is 7.16. The van der Waals surface area contributed by atoms with Crippen LogP contribution in [0, 0.1) is 0 Å². The Labute approximate surface area is 181 Å². The minimum Gasteiger partial charge on any atom is -0.497 e. The Kier molecular flexibility index (Phi) is 5.56. The first-order valence-corrected chi connectivity index (χ1v) is 9.74. The third kappa shape index (κ3) is 4.27. The molecule has 6 nitrogen and oxygen atoms in total. The first-order valence-electron chi connectivity index (χ1n) is 9.74. The Bertz CT molecular complexity index is 1250. The van der Waals surface area contributed by atoms with Gasteiger partial charge in [0.05, 0.1) is 18.8 Å². The molecule has 1 amide bonds. The number of hydrogen-bond donors (Lipinski definition) is 1. The molecule has 164 valence electrons. The van der Waals surface area contributed by atoms with Crippen molar-refractivity contribution in [3.8, 4) is 17.0 Å². The van der Waals surface area contributed by atoms with E-state index in [1.54, 1.807) is 31.2 Å². The number of alkyl halides is 3. The normalized spacial score (nSPS) is 12.5. The SMILES string of the molecule is COc1ccc(-c2cc(C(F)(F)F)n3nc(C(=O)N[C@H](C)c4ccccc4)cc3n2)cc1. The summed E-state index contributed by atoms with van der Waals surface area (Å²) in [5.74, 6) is -0.0207. The predicted molar refractivity (Wildman–Crippen MR) is 112 cm³/mol. The summed E-state index contributed by atoms with van der Waals surface area (Å²) >= 11 is 0. The largest absolute Gasteiger partial charge is 0.497 e. The van der Waals surface area contributed by atoms with E-state index in [9.17, 15) is 18.0 Å². The van der Waals surface area contributed by atoms with Crippen molar-refractivity contribution in [2.75, 3.05) is 7.11 Å². The standard InChI is InChI=1S/C23H19F3N4O2/c1-14(15-6-4-3-5-7-15)27-22(31)19-13-21-28-18(16-8-10-17(32-2)11-9-16)12-20(23(24,25)26)30(21)29-19/h3-14H,1-2H3,(H,27,31)/t14-/m1/s1. The Morgan fingerprint density at radius 2 is 1.75 bits per heavy atom. The monoisotopic (exact) mass is 440 g/mol. The van der Waals surface area contributed by atoms with Crippen LogP contribution in [0.15, 0.2) is 66.7 Å². The number of methoxy groups -OCH3 is 1. The molecule has 2 aromatic carbocycles. The molecule has 0 aliphatic heterocycles. The maximum Gasteiger partial charge on any atom is 0.433 e. The molecule has 0 spiro atoms. The van der Waals surface area contributed by atoms with E-state index in [1.165, 1.54) is 13.2 Å². The van der Waals surface area contributed by atoms with Crippen molar-refractivity contribution in [1.29, 1.82) is 0 Å². The number of aromatic nitrogens is 3. The molecule has 1 N–H and O–H groups in total. The summed E-state index contributed by atoms with van der Waals surface area (Å²) < 4.78 is 47.0. The molecule has 2 aromatic heterocycles. The van der Waals surface area contributed by atoms with Crippen molar-refractivity contribution in [2.45, 2.75) is 19.1 Å². The summed E-state index contributed by atoms with van der Waals surface area (Å²) in [4.78, 5) is 17.0. The van der Waals surface area contributed by atoms with Gasteiger partial charge in [-0.15, -0.1) is 0 Å². The van der Waals surface area contributed by atoms with Crippen LogP contribution in [-0.4, -0.2) is 27.6 Å². The second kappa shape index (κ2) is 8.33. The van der Waals surface area contributed by atoms with Gasteiger partial charge in [-0.05, 0) is 42.8 Å². The van der Waals surface area contributed by atoms with Gasteiger partial charge in [-0.25, -0.2) is 9.50 Å². The molecule has 4 rings (SSSR count). The van der Waals surface area contributed by atoms with Crippen LogP contribution >= 0.6 is 0 Å². The van der Waals surface area contributed by atoms with Crippen molar-refractivity contribution in [1.82, 2.24) is 19.9 Å². The van der Waals surface area contributed by atoms with Gasteiger partial charge in [0.25, 0.3) is 5.91 Å². The molecule has 2 heterocycles. The molecule has 4 aromatic rings. The molecule has 0 aliphatic carbocycles. The third-order valence-electron chi connectivity index (χ3n) is 4.98. The molecule has 32 heavy (non-hydrogen) atoms. The first-order chi connectivity index (χ1) is 15.3. The van der Waals surface area contributed by atoms with Gasteiger partial charge in [0.15, 0.2) is 17.0 Å². The average molecular weight is 440 g/mol. The molecule has 9 heteroatoms. The molecule has 0 fully saturated rings. The number of carbonyl (C=O) groups is 1. The Morgan fingerprint density at radius 3 is 2.38 bits per heavy atom. The lowest BCUT2D eigenvalue weighted by atomic mass is 10.1. The van der Waals surface area contributed by atoms with Crippen LogP contribution in [0.1, 0.15) is 34.7 Å². The van der Waals surface area contributed by atoms with Gasteiger partial charge in [0.1, 0.15) is 5.75 Å². The number of benzene rings is 2. The van der Waals surface area contributed by atoms with Crippen LogP contribution < -0.4 is 10.1 Å².